The van der Waals surface area contributed by atoms with Crippen LogP contribution in [0.4, 0.5) is 0 Å². The predicted octanol–water partition coefficient (Wildman–Crippen LogP) is 4.58. The van der Waals surface area contributed by atoms with Crippen molar-refractivity contribution in [3.05, 3.63) is 51.0 Å². The van der Waals surface area contributed by atoms with Crippen LogP contribution < -0.4 is 4.74 Å². The Morgan fingerprint density at radius 2 is 2.19 bits per heavy atom. The smallest absolute Gasteiger partial charge is 0.267 e. The normalized spacial score (nSPS) is 25.2. The fourth-order valence-corrected chi connectivity index (χ4v) is 4.65. The molecule has 7 heteroatoms. The monoisotopic (exact) mass is 402 g/mol. The summed E-state index contributed by atoms with van der Waals surface area (Å²) in [5.41, 5.74) is 3.55. The average molecular weight is 403 g/mol. The number of hydrogen-bond acceptors (Lipinski definition) is 5. The fourth-order valence-electron chi connectivity index (χ4n) is 3.32. The van der Waals surface area contributed by atoms with Crippen LogP contribution in [0.3, 0.4) is 0 Å². The van der Waals surface area contributed by atoms with E-state index in [2.05, 4.69) is 19.9 Å². The third-order valence-electron chi connectivity index (χ3n) is 4.90. The maximum Gasteiger partial charge on any atom is 0.267 e. The highest BCUT2D eigenvalue weighted by Crippen LogP contribution is 2.46. The second-order valence-electron chi connectivity index (χ2n) is 6.61. The van der Waals surface area contributed by atoms with Gasteiger partial charge in [0.05, 0.1) is 27.9 Å². The molecule has 27 heavy (non-hydrogen) atoms. The summed E-state index contributed by atoms with van der Waals surface area (Å²) in [7, 11) is 0. The van der Waals surface area contributed by atoms with E-state index in [0.717, 1.165) is 11.4 Å². The number of phenolic OH excluding ortho intramolecular Hbond substituents is 1. The number of ether oxygens (including phenoxy) is 1. The van der Waals surface area contributed by atoms with Crippen molar-refractivity contribution in [1.29, 1.82) is 0 Å². The van der Waals surface area contributed by atoms with Crippen molar-refractivity contribution in [2.24, 2.45) is 10.9 Å². The number of allylic oxidation sites excluding steroid dienone is 4. The summed E-state index contributed by atoms with van der Waals surface area (Å²) in [6, 6.07) is 3.30. The Kier molecular flexibility index (Phi) is 4.56. The maximum atomic E-state index is 13.0. The van der Waals surface area contributed by atoms with Crippen LogP contribution in [0.15, 0.2) is 45.5 Å². The first kappa shape index (κ1) is 18.2. The van der Waals surface area contributed by atoms with Crippen molar-refractivity contribution in [3.8, 4) is 11.5 Å². The lowest BCUT2D eigenvalue weighted by Gasteiger charge is -2.22. The van der Waals surface area contributed by atoms with E-state index in [9.17, 15) is 9.90 Å². The molecule has 0 saturated carbocycles. The molecule has 5 nitrogen and oxygen atoms in total. The Morgan fingerprint density at radius 1 is 1.41 bits per heavy atom. The van der Waals surface area contributed by atoms with Gasteiger partial charge in [-0.25, -0.2) is 0 Å². The van der Waals surface area contributed by atoms with Gasteiger partial charge in [0.1, 0.15) is 0 Å². The zero-order valence-electron chi connectivity index (χ0n) is 15.2. The number of amides is 1. The standard InChI is InChI=1S/C20H19ClN2O3S/c1-4-26-15-8-12(7-13(21)18(15)24)9-16-19(25)23-14-6-5-10(2)11(3)17(14)22-20(23)27-16/h5-9,11,20,24H,4H2,1-3H3/b16-9-. The number of halogens is 1. The van der Waals surface area contributed by atoms with Crippen LogP contribution in [0.25, 0.3) is 6.08 Å². The van der Waals surface area contributed by atoms with E-state index in [1.54, 1.807) is 23.1 Å². The number of phenols is 1. The van der Waals surface area contributed by atoms with Gasteiger partial charge in [-0.3, -0.25) is 14.7 Å². The number of aromatic hydroxyl groups is 1. The lowest BCUT2D eigenvalue weighted by atomic mass is 9.90. The van der Waals surface area contributed by atoms with Gasteiger partial charge in [-0.1, -0.05) is 41.9 Å². The molecule has 2 atom stereocenters. The molecule has 1 aliphatic carbocycles. The van der Waals surface area contributed by atoms with Crippen molar-refractivity contribution in [3.63, 3.8) is 0 Å². The maximum absolute atomic E-state index is 13.0. The van der Waals surface area contributed by atoms with E-state index >= 15 is 0 Å². The first-order valence-electron chi connectivity index (χ1n) is 8.74. The Morgan fingerprint density at radius 3 is 2.93 bits per heavy atom. The van der Waals surface area contributed by atoms with E-state index in [-0.39, 0.29) is 28.1 Å². The molecule has 1 saturated heterocycles. The Labute approximate surface area is 167 Å². The van der Waals surface area contributed by atoms with Crippen molar-refractivity contribution >= 4 is 41.1 Å². The minimum atomic E-state index is -0.259. The van der Waals surface area contributed by atoms with Crippen LogP contribution in [-0.4, -0.2) is 33.7 Å². The number of carbonyl (C=O) groups is 1. The minimum absolute atomic E-state index is 0.0719. The van der Waals surface area contributed by atoms with E-state index < -0.39 is 0 Å². The largest absolute Gasteiger partial charge is 0.503 e. The second kappa shape index (κ2) is 6.77. The fraction of sp³-hybridized carbons (Fsp3) is 0.300. The van der Waals surface area contributed by atoms with Crippen LogP contribution >= 0.6 is 23.4 Å². The summed E-state index contributed by atoms with van der Waals surface area (Å²) in [5.74, 6) is 0.361. The third kappa shape index (κ3) is 2.97. The van der Waals surface area contributed by atoms with Crippen LogP contribution in [0, 0.1) is 5.92 Å². The number of thioether (sulfide) groups is 1. The number of nitrogens with zero attached hydrogens (tertiary/aromatic N) is 2. The van der Waals surface area contributed by atoms with Crippen LogP contribution in [0.5, 0.6) is 11.5 Å². The molecule has 1 aromatic carbocycles. The van der Waals surface area contributed by atoms with Crippen molar-refractivity contribution in [1.82, 2.24) is 4.90 Å². The molecule has 4 rings (SSSR count). The molecule has 0 radical (unpaired) electrons. The summed E-state index contributed by atoms with van der Waals surface area (Å²) in [5, 5.41) is 10.2. The van der Waals surface area contributed by atoms with Gasteiger partial charge in [-0.05, 0) is 43.7 Å². The Hall–Kier alpha value is -2.18. The summed E-state index contributed by atoms with van der Waals surface area (Å²) in [6.45, 7) is 6.42. The molecule has 140 valence electrons. The predicted molar refractivity (Wildman–Crippen MR) is 109 cm³/mol. The van der Waals surface area contributed by atoms with E-state index in [1.165, 1.54) is 17.3 Å². The molecular formula is C20H19ClN2O3S. The molecule has 1 aromatic rings. The topological polar surface area (TPSA) is 62.1 Å². The number of benzene rings is 1. The molecule has 0 spiro atoms. The number of rotatable bonds is 3. The van der Waals surface area contributed by atoms with Crippen LogP contribution in [0.1, 0.15) is 26.3 Å². The summed E-state index contributed by atoms with van der Waals surface area (Å²) in [4.78, 5) is 20.1. The molecular weight excluding hydrogens is 384 g/mol. The van der Waals surface area contributed by atoms with Gasteiger partial charge in [0, 0.05) is 5.92 Å². The first-order chi connectivity index (χ1) is 12.9. The lowest BCUT2D eigenvalue weighted by molar-refractivity contribution is -0.123. The number of hydrogen-bond donors (Lipinski definition) is 1. The highest BCUT2D eigenvalue weighted by Gasteiger charge is 2.45. The highest BCUT2D eigenvalue weighted by atomic mass is 35.5. The number of carbonyl (C=O) groups excluding carboxylic acids is 1. The van der Waals surface area contributed by atoms with Gasteiger partial charge in [0.25, 0.3) is 5.91 Å². The lowest BCUT2D eigenvalue weighted by Crippen LogP contribution is -2.30. The molecule has 2 aliphatic heterocycles. The van der Waals surface area contributed by atoms with Crippen LogP contribution in [0.2, 0.25) is 5.02 Å². The van der Waals surface area contributed by atoms with Crippen molar-refractivity contribution < 1.29 is 14.6 Å². The van der Waals surface area contributed by atoms with Gasteiger partial charge in [0.15, 0.2) is 17.0 Å². The molecule has 0 bridgehead atoms. The molecule has 3 aliphatic rings. The van der Waals surface area contributed by atoms with E-state index in [4.69, 9.17) is 21.3 Å². The Balaban J connectivity index is 1.67. The third-order valence-corrected chi connectivity index (χ3v) is 6.26. The highest BCUT2D eigenvalue weighted by molar-refractivity contribution is 8.05. The minimum Gasteiger partial charge on any atom is -0.503 e. The summed E-state index contributed by atoms with van der Waals surface area (Å²) in [6.07, 6.45) is 5.79. The van der Waals surface area contributed by atoms with Crippen molar-refractivity contribution in [2.45, 2.75) is 26.3 Å². The Bertz CT molecular complexity index is 964. The summed E-state index contributed by atoms with van der Waals surface area (Å²) >= 11 is 7.52. The van der Waals surface area contributed by atoms with Crippen LogP contribution in [-0.2, 0) is 4.79 Å². The van der Waals surface area contributed by atoms with Crippen molar-refractivity contribution in [2.75, 3.05) is 6.61 Å². The van der Waals surface area contributed by atoms with E-state index in [1.807, 2.05) is 13.0 Å². The molecule has 2 heterocycles. The molecule has 2 unspecified atom stereocenters. The number of aliphatic imine (C=N–C) groups is 1. The van der Waals surface area contributed by atoms with Gasteiger partial charge in [-0.15, -0.1) is 0 Å². The van der Waals surface area contributed by atoms with Gasteiger partial charge >= 0.3 is 0 Å². The van der Waals surface area contributed by atoms with Gasteiger partial charge in [0.2, 0.25) is 0 Å². The average Bonchev–Trinajstić information content (AvgIpc) is 3.13. The molecule has 1 amide bonds. The zero-order chi connectivity index (χ0) is 19.3. The first-order valence-corrected chi connectivity index (χ1v) is 10.00. The van der Waals surface area contributed by atoms with Gasteiger partial charge < -0.3 is 9.84 Å². The quantitative estimate of drug-likeness (QED) is 0.752. The summed E-state index contributed by atoms with van der Waals surface area (Å²) < 4.78 is 5.41. The molecule has 1 fully saturated rings. The zero-order valence-corrected chi connectivity index (χ0v) is 16.8. The van der Waals surface area contributed by atoms with E-state index in [0.29, 0.717) is 22.8 Å². The molecule has 0 aromatic heterocycles. The van der Waals surface area contributed by atoms with Gasteiger partial charge in [-0.2, -0.15) is 0 Å². The molecule has 1 N–H and O–H groups in total. The SMILES string of the molecule is CCOc1cc(/C=C2\SC3N=C4C(=CC=C(C)C4C)N3C2=O)cc(Cl)c1O. The number of fused-ring (bicyclic) bond motifs is 3. The second-order valence-corrected chi connectivity index (χ2v) is 8.11.